The fourth-order valence-corrected chi connectivity index (χ4v) is 12.7. The zero-order valence-corrected chi connectivity index (χ0v) is 50.2. The Bertz CT molecular complexity index is 1660. The zero-order chi connectivity index (χ0) is 54.1. The molecule has 7 aliphatic carbocycles. The summed E-state index contributed by atoms with van der Waals surface area (Å²) in [5, 5.41) is 0. The van der Waals surface area contributed by atoms with Crippen LogP contribution in [0.1, 0.15) is 293 Å². The minimum atomic E-state index is -0.362. The van der Waals surface area contributed by atoms with Gasteiger partial charge >= 0.3 is 23.9 Å². The summed E-state index contributed by atoms with van der Waals surface area (Å²) >= 11 is 0. The van der Waals surface area contributed by atoms with E-state index in [1.165, 1.54) is 109 Å². The molecule has 4 bridgehead atoms. The Labute approximate surface area is 437 Å². The molecule has 0 radical (unpaired) electrons. The van der Waals surface area contributed by atoms with E-state index in [4.69, 9.17) is 18.9 Å². The van der Waals surface area contributed by atoms with Crippen LogP contribution in [0.2, 0.25) is 0 Å². The predicted molar refractivity (Wildman–Crippen MR) is 293 cm³/mol. The minimum absolute atomic E-state index is 0.00935. The molecule has 8 heteroatoms. The van der Waals surface area contributed by atoms with Crippen LogP contribution in [-0.2, 0) is 38.1 Å². The highest BCUT2D eigenvalue weighted by molar-refractivity contribution is 5.77. The highest BCUT2D eigenvalue weighted by Crippen LogP contribution is 2.65. The van der Waals surface area contributed by atoms with Gasteiger partial charge in [0.2, 0.25) is 0 Å². The van der Waals surface area contributed by atoms with Gasteiger partial charge in [-0.25, -0.2) is 0 Å². The van der Waals surface area contributed by atoms with Gasteiger partial charge < -0.3 is 18.9 Å². The topological polar surface area (TPSA) is 105 Å². The van der Waals surface area contributed by atoms with Gasteiger partial charge in [-0.1, -0.05) is 80.6 Å². The van der Waals surface area contributed by atoms with Crippen molar-refractivity contribution in [2.45, 2.75) is 315 Å². The number of carbonyl (C=O) groups is 4. The third-order valence-electron chi connectivity index (χ3n) is 20.3. The maximum Gasteiger partial charge on any atom is 0.312 e. The Kier molecular flexibility index (Phi) is 22.4. The van der Waals surface area contributed by atoms with E-state index in [0.717, 1.165) is 62.7 Å². The quantitative estimate of drug-likeness (QED) is 0.105. The summed E-state index contributed by atoms with van der Waals surface area (Å²) in [6, 6.07) is 0. The average molecular weight is 1000 g/mol. The molecule has 7 fully saturated rings. The van der Waals surface area contributed by atoms with Crippen LogP contribution in [0.3, 0.4) is 0 Å². The van der Waals surface area contributed by atoms with Crippen molar-refractivity contribution in [3.63, 3.8) is 0 Å². The second-order valence-corrected chi connectivity index (χ2v) is 28.2. The number of ether oxygens (including phenoxy) is 4. The van der Waals surface area contributed by atoms with E-state index in [9.17, 15) is 19.2 Å². The first-order valence-electron chi connectivity index (χ1n) is 29.6. The van der Waals surface area contributed by atoms with Crippen molar-refractivity contribution in [3.8, 4) is 0 Å². The van der Waals surface area contributed by atoms with Crippen LogP contribution < -0.4 is 0 Å². The fraction of sp³-hybridized carbons (Fsp3) is 0.937. The van der Waals surface area contributed by atoms with Crippen LogP contribution in [-0.4, -0.2) is 46.3 Å². The smallest absolute Gasteiger partial charge is 0.312 e. The highest BCUT2D eigenvalue weighted by atomic mass is 16.6. The first-order chi connectivity index (χ1) is 32.7. The number of rotatable bonds is 17. The maximum atomic E-state index is 12.7. The van der Waals surface area contributed by atoms with Gasteiger partial charge in [0.25, 0.3) is 0 Å². The molecule has 1 atom stereocenters. The van der Waals surface area contributed by atoms with E-state index >= 15 is 0 Å². The molecule has 1 unspecified atom stereocenters. The van der Waals surface area contributed by atoms with E-state index in [1.54, 1.807) is 0 Å². The molecule has 71 heavy (non-hydrogen) atoms. The summed E-state index contributed by atoms with van der Waals surface area (Å²) in [6.07, 6.45) is 28.2. The standard InChI is InChI=1S/C20H34O2.C15H28O2.2C14H26O2/c1-6-18(3,4)17(21)22-19(5,7-2)20-11-14-8-15(12-20)10-16(9-14)13-20;1-6-14(2,3)13(16)17-15(4,5)12-10-8-7-9-11-12;1-6-13(2,3)12(15)16-14(4,5)11-9-7-8-10-11;1-6-13(4,5)12(15)16-14(11(2)3)9-7-8-10-14/h14-16H,6-13H2,1-5H3;12H,6-11H2,1-5H3;2*11H,6-10H2,1-5H3. The molecule has 7 rings (SSSR count). The van der Waals surface area contributed by atoms with Gasteiger partial charge in [0, 0.05) is 5.41 Å². The molecule has 7 aliphatic rings. The maximum absolute atomic E-state index is 12.7. The van der Waals surface area contributed by atoms with E-state index in [-0.39, 0.29) is 73.4 Å². The molecule has 0 saturated heterocycles. The van der Waals surface area contributed by atoms with Crippen molar-refractivity contribution in [1.82, 2.24) is 0 Å². The lowest BCUT2D eigenvalue weighted by molar-refractivity contribution is -0.212. The Morgan fingerprint density at radius 3 is 1.06 bits per heavy atom. The summed E-state index contributed by atoms with van der Waals surface area (Å²) in [7, 11) is 0. The van der Waals surface area contributed by atoms with Crippen molar-refractivity contribution in [1.29, 1.82) is 0 Å². The lowest BCUT2D eigenvalue weighted by atomic mass is 9.45. The lowest BCUT2D eigenvalue weighted by Crippen LogP contribution is -2.59. The Balaban J connectivity index is 0.000000253. The molecule has 0 spiro atoms. The lowest BCUT2D eigenvalue weighted by Gasteiger charge is -2.62. The molecule has 0 aromatic rings. The van der Waals surface area contributed by atoms with Crippen LogP contribution in [0, 0.1) is 62.6 Å². The molecule has 7 saturated carbocycles. The molecular formula is C63H114O8. The van der Waals surface area contributed by atoms with Gasteiger partial charge in [-0.2, -0.15) is 0 Å². The molecule has 0 heterocycles. The van der Waals surface area contributed by atoms with E-state index in [1.807, 2.05) is 76.2 Å². The van der Waals surface area contributed by atoms with Gasteiger partial charge in [-0.15, -0.1) is 0 Å². The monoisotopic (exact) mass is 999 g/mol. The van der Waals surface area contributed by atoms with E-state index in [0.29, 0.717) is 17.8 Å². The summed E-state index contributed by atoms with van der Waals surface area (Å²) < 4.78 is 23.7. The Morgan fingerprint density at radius 2 is 0.746 bits per heavy atom. The molecule has 414 valence electrons. The number of esters is 4. The van der Waals surface area contributed by atoms with Crippen molar-refractivity contribution in [2.24, 2.45) is 62.6 Å². The summed E-state index contributed by atoms with van der Waals surface area (Å²) in [6.45, 7) is 41.1. The first kappa shape index (κ1) is 63.2. The summed E-state index contributed by atoms with van der Waals surface area (Å²) in [5.74, 6) is 4.09. The molecule has 0 aromatic heterocycles. The fourth-order valence-electron chi connectivity index (χ4n) is 12.7. The van der Waals surface area contributed by atoms with Gasteiger partial charge in [0.1, 0.15) is 22.4 Å². The van der Waals surface area contributed by atoms with E-state index in [2.05, 4.69) is 62.3 Å². The SMILES string of the molecule is CCC(C)(C)C(=O)OC(C)(C)C1CCCC1.CCC(C)(C)C(=O)OC(C)(C)C1CCCCC1.CCC(C)(C)C(=O)OC(C)(CC)C12CC3CC(CC(C3)C1)C2.CCC(C)(C)C(=O)OC1(C(C)C)CCCC1. The molecular weight excluding hydrogens is 885 g/mol. The predicted octanol–water partition coefficient (Wildman–Crippen LogP) is 17.5. The van der Waals surface area contributed by atoms with Crippen molar-refractivity contribution in [3.05, 3.63) is 0 Å². The molecule has 8 nitrogen and oxygen atoms in total. The minimum Gasteiger partial charge on any atom is -0.459 e. The average Bonchev–Trinajstić information content (AvgIpc) is 4.04. The van der Waals surface area contributed by atoms with Crippen LogP contribution in [0.4, 0.5) is 0 Å². The highest BCUT2D eigenvalue weighted by Gasteiger charge is 2.60. The molecule has 0 N–H and O–H groups in total. The first-order valence-corrected chi connectivity index (χ1v) is 29.6. The molecule has 0 aliphatic heterocycles. The summed E-state index contributed by atoms with van der Waals surface area (Å²) in [5.41, 5.74) is -2.19. The largest absolute Gasteiger partial charge is 0.459 e. The van der Waals surface area contributed by atoms with Crippen LogP contribution in [0.25, 0.3) is 0 Å². The van der Waals surface area contributed by atoms with Crippen LogP contribution in [0.5, 0.6) is 0 Å². The van der Waals surface area contributed by atoms with Crippen molar-refractivity contribution >= 4 is 23.9 Å². The number of carbonyl (C=O) groups excluding carboxylic acids is 4. The van der Waals surface area contributed by atoms with Crippen molar-refractivity contribution in [2.75, 3.05) is 0 Å². The number of hydrogen-bond acceptors (Lipinski definition) is 8. The van der Waals surface area contributed by atoms with Crippen LogP contribution in [0.15, 0.2) is 0 Å². The van der Waals surface area contributed by atoms with Gasteiger partial charge in [0.05, 0.1) is 21.7 Å². The third-order valence-corrected chi connectivity index (χ3v) is 20.3. The zero-order valence-electron chi connectivity index (χ0n) is 50.2. The van der Waals surface area contributed by atoms with Gasteiger partial charge in [-0.05, 0) is 248 Å². The Hall–Kier alpha value is -2.12. The van der Waals surface area contributed by atoms with Gasteiger partial charge in [-0.3, -0.25) is 19.2 Å². The molecule has 0 amide bonds. The van der Waals surface area contributed by atoms with Crippen molar-refractivity contribution < 1.29 is 38.1 Å². The normalized spacial score (nSPS) is 25.6. The molecule has 0 aromatic carbocycles. The van der Waals surface area contributed by atoms with Gasteiger partial charge in [0.15, 0.2) is 0 Å². The number of hydrogen-bond donors (Lipinski definition) is 0. The Morgan fingerprint density at radius 1 is 0.437 bits per heavy atom. The summed E-state index contributed by atoms with van der Waals surface area (Å²) in [4.78, 5) is 49.1. The van der Waals surface area contributed by atoms with E-state index < -0.39 is 0 Å². The van der Waals surface area contributed by atoms with Crippen LogP contribution >= 0.6 is 0 Å². The second kappa shape index (κ2) is 25.1. The third kappa shape index (κ3) is 16.2. The second-order valence-electron chi connectivity index (χ2n) is 28.2.